The lowest BCUT2D eigenvalue weighted by Gasteiger charge is -2.04. The lowest BCUT2D eigenvalue weighted by molar-refractivity contribution is 0.686. The van der Waals surface area contributed by atoms with Crippen molar-refractivity contribution in [3.63, 3.8) is 0 Å². The van der Waals surface area contributed by atoms with Crippen LogP contribution in [0.4, 0.5) is 0 Å². The molecule has 1 heterocycles. The zero-order chi connectivity index (χ0) is 11.5. The number of rotatable bonds is 3. The Bertz CT molecular complexity index is 494. The Balaban J connectivity index is 2.22. The molecule has 0 bridgehead atoms. The normalized spacial score (nSPS) is 10.7. The fourth-order valence-corrected chi connectivity index (χ4v) is 1.81. The Morgan fingerprint density at radius 3 is 2.81 bits per heavy atom. The number of aromatic nitrogens is 2. The first-order chi connectivity index (χ1) is 7.69. The summed E-state index contributed by atoms with van der Waals surface area (Å²) in [5.74, 6) is 0. The average molecular weight is 256 g/mol. The lowest BCUT2D eigenvalue weighted by Crippen LogP contribution is -2.01. The van der Waals surface area contributed by atoms with Crippen LogP contribution in [-0.2, 0) is 13.1 Å². The first-order valence-electron chi connectivity index (χ1n) is 4.84. The van der Waals surface area contributed by atoms with E-state index >= 15 is 0 Å². The first kappa shape index (κ1) is 11.5. The smallest absolute Gasteiger partial charge is 0.0674 e. The van der Waals surface area contributed by atoms with Crippen LogP contribution in [0.2, 0.25) is 10.0 Å². The first-order valence-corrected chi connectivity index (χ1v) is 5.60. The maximum atomic E-state index is 6.06. The molecule has 0 fully saturated rings. The molecule has 0 aliphatic carbocycles. The van der Waals surface area contributed by atoms with Gasteiger partial charge < -0.3 is 5.73 Å². The van der Waals surface area contributed by atoms with Gasteiger partial charge in [-0.15, -0.1) is 0 Å². The molecule has 0 atom stereocenters. The quantitative estimate of drug-likeness (QED) is 0.917. The van der Waals surface area contributed by atoms with Crippen LogP contribution in [0, 0.1) is 0 Å². The Labute approximate surface area is 104 Å². The standard InChI is InChI=1S/C11H11Cl2N3/c12-10-1-2-11(13)9(3-10)7-16-6-8(4-14)5-15-16/h1-3,5-6H,4,7,14H2. The second-order valence-corrected chi connectivity index (χ2v) is 4.33. The molecule has 0 saturated carbocycles. The van der Waals surface area contributed by atoms with E-state index in [0.29, 0.717) is 23.1 Å². The van der Waals surface area contributed by atoms with Gasteiger partial charge in [-0.3, -0.25) is 4.68 Å². The minimum absolute atomic E-state index is 0.489. The summed E-state index contributed by atoms with van der Waals surface area (Å²) >= 11 is 12.0. The Morgan fingerprint density at radius 1 is 1.31 bits per heavy atom. The van der Waals surface area contributed by atoms with E-state index in [1.807, 2.05) is 12.3 Å². The van der Waals surface area contributed by atoms with Crippen LogP contribution in [0.5, 0.6) is 0 Å². The van der Waals surface area contributed by atoms with Crippen molar-refractivity contribution >= 4 is 23.2 Å². The van der Waals surface area contributed by atoms with Gasteiger partial charge in [0.2, 0.25) is 0 Å². The fraction of sp³-hybridized carbons (Fsp3) is 0.182. The molecule has 16 heavy (non-hydrogen) atoms. The summed E-state index contributed by atoms with van der Waals surface area (Å²) in [4.78, 5) is 0. The molecule has 0 unspecified atom stereocenters. The van der Waals surface area contributed by atoms with Crippen LogP contribution in [0.25, 0.3) is 0 Å². The molecule has 2 rings (SSSR count). The van der Waals surface area contributed by atoms with Crippen molar-refractivity contribution in [2.45, 2.75) is 13.1 Å². The van der Waals surface area contributed by atoms with Crippen LogP contribution in [0.3, 0.4) is 0 Å². The average Bonchev–Trinajstić information content (AvgIpc) is 2.71. The van der Waals surface area contributed by atoms with Gasteiger partial charge in [0.05, 0.1) is 12.7 Å². The van der Waals surface area contributed by atoms with E-state index < -0.39 is 0 Å². The van der Waals surface area contributed by atoms with Gasteiger partial charge in [-0.2, -0.15) is 5.10 Å². The number of benzene rings is 1. The topological polar surface area (TPSA) is 43.8 Å². The second-order valence-electron chi connectivity index (χ2n) is 3.49. The maximum Gasteiger partial charge on any atom is 0.0674 e. The highest BCUT2D eigenvalue weighted by Crippen LogP contribution is 2.21. The monoisotopic (exact) mass is 255 g/mol. The Hall–Kier alpha value is -1.03. The van der Waals surface area contributed by atoms with Gasteiger partial charge in [-0.1, -0.05) is 23.2 Å². The molecule has 2 N–H and O–H groups in total. The molecule has 0 amide bonds. The largest absolute Gasteiger partial charge is 0.326 e. The van der Waals surface area contributed by atoms with Crippen LogP contribution in [0.15, 0.2) is 30.6 Å². The van der Waals surface area contributed by atoms with Crippen molar-refractivity contribution in [3.8, 4) is 0 Å². The molecule has 0 radical (unpaired) electrons. The number of nitrogens with zero attached hydrogens (tertiary/aromatic N) is 2. The number of hydrogen-bond donors (Lipinski definition) is 1. The molecule has 3 nitrogen and oxygen atoms in total. The highest BCUT2D eigenvalue weighted by molar-refractivity contribution is 6.33. The van der Waals surface area contributed by atoms with Gasteiger partial charge >= 0.3 is 0 Å². The van der Waals surface area contributed by atoms with Gasteiger partial charge in [0.25, 0.3) is 0 Å². The zero-order valence-electron chi connectivity index (χ0n) is 8.53. The Morgan fingerprint density at radius 2 is 2.12 bits per heavy atom. The van der Waals surface area contributed by atoms with Crippen molar-refractivity contribution in [2.24, 2.45) is 5.73 Å². The summed E-state index contributed by atoms with van der Waals surface area (Å²) in [7, 11) is 0. The van der Waals surface area contributed by atoms with Crippen molar-refractivity contribution in [1.29, 1.82) is 0 Å². The molecule has 1 aromatic heterocycles. The molecule has 0 aliphatic heterocycles. The van der Waals surface area contributed by atoms with Crippen molar-refractivity contribution in [3.05, 3.63) is 51.8 Å². The minimum atomic E-state index is 0.489. The van der Waals surface area contributed by atoms with E-state index in [2.05, 4.69) is 5.10 Å². The number of halogens is 2. The Kier molecular flexibility index (Phi) is 3.49. The molecule has 0 aliphatic rings. The molecule has 0 saturated heterocycles. The zero-order valence-corrected chi connectivity index (χ0v) is 10.0. The van der Waals surface area contributed by atoms with Crippen LogP contribution >= 0.6 is 23.2 Å². The van der Waals surface area contributed by atoms with Crippen LogP contribution < -0.4 is 5.73 Å². The van der Waals surface area contributed by atoms with E-state index in [0.717, 1.165) is 11.1 Å². The summed E-state index contributed by atoms with van der Waals surface area (Å²) in [5.41, 5.74) is 7.45. The van der Waals surface area contributed by atoms with Gasteiger partial charge in [0, 0.05) is 28.4 Å². The van der Waals surface area contributed by atoms with E-state index in [1.54, 1.807) is 23.0 Å². The lowest BCUT2D eigenvalue weighted by atomic mass is 10.2. The van der Waals surface area contributed by atoms with Crippen LogP contribution in [0.1, 0.15) is 11.1 Å². The third kappa shape index (κ3) is 2.55. The molecule has 1 aromatic carbocycles. The molecule has 84 valence electrons. The van der Waals surface area contributed by atoms with Crippen molar-refractivity contribution in [2.75, 3.05) is 0 Å². The minimum Gasteiger partial charge on any atom is -0.326 e. The second kappa shape index (κ2) is 4.87. The maximum absolute atomic E-state index is 6.06. The summed E-state index contributed by atoms with van der Waals surface area (Å²) < 4.78 is 1.79. The molecular formula is C11H11Cl2N3. The van der Waals surface area contributed by atoms with E-state index in [1.165, 1.54) is 0 Å². The number of hydrogen-bond acceptors (Lipinski definition) is 2. The summed E-state index contributed by atoms with van der Waals surface area (Å²) in [5, 5.41) is 5.55. The van der Waals surface area contributed by atoms with Crippen molar-refractivity contribution in [1.82, 2.24) is 9.78 Å². The summed E-state index contributed by atoms with van der Waals surface area (Å²) in [6.45, 7) is 1.09. The highest BCUT2D eigenvalue weighted by Gasteiger charge is 2.03. The molecule has 5 heteroatoms. The highest BCUT2D eigenvalue weighted by atomic mass is 35.5. The fourth-order valence-electron chi connectivity index (χ4n) is 1.44. The predicted octanol–water partition coefficient (Wildman–Crippen LogP) is 2.70. The third-order valence-corrected chi connectivity index (χ3v) is 2.87. The summed E-state index contributed by atoms with van der Waals surface area (Å²) in [6, 6.07) is 5.39. The van der Waals surface area contributed by atoms with Gasteiger partial charge in [0.15, 0.2) is 0 Å². The molecule has 2 aromatic rings. The van der Waals surface area contributed by atoms with Gasteiger partial charge in [-0.25, -0.2) is 0 Å². The molecular weight excluding hydrogens is 245 g/mol. The van der Waals surface area contributed by atoms with E-state index in [9.17, 15) is 0 Å². The van der Waals surface area contributed by atoms with E-state index in [-0.39, 0.29) is 0 Å². The summed E-state index contributed by atoms with van der Waals surface area (Å²) in [6.07, 6.45) is 3.65. The van der Waals surface area contributed by atoms with E-state index in [4.69, 9.17) is 28.9 Å². The van der Waals surface area contributed by atoms with Gasteiger partial charge in [-0.05, 0) is 23.8 Å². The number of nitrogens with two attached hydrogens (primary N) is 1. The van der Waals surface area contributed by atoms with Gasteiger partial charge in [0.1, 0.15) is 0 Å². The van der Waals surface area contributed by atoms with Crippen molar-refractivity contribution < 1.29 is 0 Å². The third-order valence-electron chi connectivity index (χ3n) is 2.26. The SMILES string of the molecule is NCc1cnn(Cc2cc(Cl)ccc2Cl)c1. The predicted molar refractivity (Wildman–Crippen MR) is 65.7 cm³/mol. The molecule has 0 spiro atoms. The van der Waals surface area contributed by atoms with Crippen LogP contribution in [-0.4, -0.2) is 9.78 Å².